The summed E-state index contributed by atoms with van der Waals surface area (Å²) >= 11 is 6.41. The van der Waals surface area contributed by atoms with Gasteiger partial charge in [0.15, 0.2) is 0 Å². The van der Waals surface area contributed by atoms with Crippen LogP contribution in [0.3, 0.4) is 0 Å². The van der Waals surface area contributed by atoms with Crippen LogP contribution in [-0.4, -0.2) is 22.2 Å². The van der Waals surface area contributed by atoms with Gasteiger partial charge >= 0.3 is 0 Å². The Morgan fingerprint density at radius 3 is 1.86 bits per heavy atom. The Morgan fingerprint density at radius 1 is 0.862 bits per heavy atom. The highest BCUT2D eigenvalue weighted by Gasteiger charge is 2.52. The van der Waals surface area contributed by atoms with Crippen molar-refractivity contribution in [2.45, 2.75) is 43.6 Å². The summed E-state index contributed by atoms with van der Waals surface area (Å²) in [5, 5.41) is -0.610. The van der Waals surface area contributed by atoms with Gasteiger partial charge in [-0.2, -0.15) is 0 Å². The minimum atomic E-state index is -0.731. The molecule has 0 fully saturated rings. The number of benzene rings is 3. The van der Waals surface area contributed by atoms with Crippen molar-refractivity contribution in [1.29, 1.82) is 0 Å². The van der Waals surface area contributed by atoms with E-state index in [9.17, 15) is 4.79 Å². The van der Waals surface area contributed by atoms with Gasteiger partial charge in [0.05, 0.1) is 0 Å². The third-order valence-electron chi connectivity index (χ3n) is 6.29. The molecule has 1 aliphatic rings. The molecule has 2 nitrogen and oxygen atoms in total. The van der Waals surface area contributed by atoms with E-state index in [4.69, 9.17) is 11.6 Å². The molecule has 1 amide bonds. The first-order valence-electron chi connectivity index (χ1n) is 10.2. The SMILES string of the molecule is CC(Cl)C(=O)N1C(C)C(C)c2ccccc2C1(c1ccccc1)c1ccccc1. The summed E-state index contributed by atoms with van der Waals surface area (Å²) in [5.74, 6) is 0.152. The van der Waals surface area contributed by atoms with E-state index in [-0.39, 0.29) is 17.9 Å². The number of fused-ring (bicyclic) bond motifs is 1. The van der Waals surface area contributed by atoms with Crippen LogP contribution in [-0.2, 0) is 10.3 Å². The lowest BCUT2D eigenvalue weighted by atomic mass is 9.67. The molecule has 3 aromatic rings. The first-order chi connectivity index (χ1) is 14.0. The van der Waals surface area contributed by atoms with Crippen LogP contribution in [0.4, 0.5) is 0 Å². The molecule has 0 N–H and O–H groups in total. The fourth-order valence-corrected chi connectivity index (χ4v) is 4.92. The van der Waals surface area contributed by atoms with Crippen molar-refractivity contribution in [3.05, 3.63) is 107 Å². The number of amides is 1. The predicted molar refractivity (Wildman–Crippen MR) is 119 cm³/mol. The van der Waals surface area contributed by atoms with Crippen molar-refractivity contribution in [2.75, 3.05) is 0 Å². The second kappa shape index (κ2) is 7.68. The Balaban J connectivity index is 2.16. The van der Waals surface area contributed by atoms with E-state index in [0.29, 0.717) is 0 Å². The number of alkyl halides is 1. The maximum Gasteiger partial charge on any atom is 0.241 e. The Morgan fingerprint density at radius 2 is 1.34 bits per heavy atom. The maximum absolute atomic E-state index is 13.6. The minimum absolute atomic E-state index is 0.0148. The van der Waals surface area contributed by atoms with Crippen molar-refractivity contribution in [1.82, 2.24) is 4.90 Å². The second-order valence-electron chi connectivity index (χ2n) is 7.88. The Hall–Kier alpha value is -2.58. The van der Waals surface area contributed by atoms with E-state index < -0.39 is 10.9 Å². The molecule has 0 radical (unpaired) electrons. The molecule has 0 saturated carbocycles. The van der Waals surface area contributed by atoms with E-state index in [0.717, 1.165) is 16.7 Å². The Kier molecular flexibility index (Phi) is 5.23. The van der Waals surface area contributed by atoms with Gasteiger partial charge in [-0.3, -0.25) is 4.79 Å². The third kappa shape index (κ3) is 2.98. The molecule has 3 unspecified atom stereocenters. The molecule has 0 aliphatic carbocycles. The summed E-state index contributed by atoms with van der Waals surface area (Å²) in [4.78, 5) is 15.6. The Bertz CT molecular complexity index is 960. The zero-order valence-electron chi connectivity index (χ0n) is 17.0. The highest BCUT2D eigenvalue weighted by molar-refractivity contribution is 6.30. The van der Waals surface area contributed by atoms with E-state index in [2.05, 4.69) is 62.4 Å². The zero-order valence-corrected chi connectivity index (χ0v) is 17.8. The van der Waals surface area contributed by atoms with Crippen molar-refractivity contribution in [3.63, 3.8) is 0 Å². The van der Waals surface area contributed by atoms with Crippen molar-refractivity contribution in [2.24, 2.45) is 0 Å². The summed E-state index contributed by atoms with van der Waals surface area (Å²) in [6, 6.07) is 29.2. The van der Waals surface area contributed by atoms with Crippen molar-refractivity contribution < 1.29 is 4.79 Å². The quantitative estimate of drug-likeness (QED) is 0.495. The van der Waals surface area contributed by atoms with Gasteiger partial charge in [0, 0.05) is 12.0 Å². The molecule has 148 valence electrons. The predicted octanol–water partition coefficient (Wildman–Crippen LogP) is 5.94. The van der Waals surface area contributed by atoms with Crippen LogP contribution in [0.2, 0.25) is 0 Å². The number of hydrogen-bond donors (Lipinski definition) is 0. The normalized spacial score (nSPS) is 21.3. The summed E-state index contributed by atoms with van der Waals surface area (Å²) in [6.45, 7) is 6.10. The first-order valence-corrected chi connectivity index (χ1v) is 10.6. The first kappa shape index (κ1) is 19.7. The maximum atomic E-state index is 13.6. The van der Waals surface area contributed by atoms with Crippen LogP contribution in [0, 0.1) is 0 Å². The molecule has 0 aromatic heterocycles. The zero-order chi connectivity index (χ0) is 20.6. The summed E-state index contributed by atoms with van der Waals surface area (Å²) < 4.78 is 0. The topological polar surface area (TPSA) is 20.3 Å². The summed E-state index contributed by atoms with van der Waals surface area (Å²) in [7, 11) is 0. The molecular weight excluding hydrogens is 378 g/mol. The molecule has 29 heavy (non-hydrogen) atoms. The van der Waals surface area contributed by atoms with Gasteiger partial charge in [0.1, 0.15) is 10.9 Å². The van der Waals surface area contributed by atoms with Gasteiger partial charge in [0.25, 0.3) is 0 Å². The number of carbonyl (C=O) groups excluding carboxylic acids is 1. The number of hydrogen-bond acceptors (Lipinski definition) is 1. The molecule has 3 aromatic carbocycles. The van der Waals surface area contributed by atoms with E-state index in [1.54, 1.807) is 6.92 Å². The lowest BCUT2D eigenvalue weighted by Crippen LogP contribution is -2.60. The van der Waals surface area contributed by atoms with Gasteiger partial charge in [-0.1, -0.05) is 91.9 Å². The van der Waals surface area contributed by atoms with Crippen LogP contribution in [0.5, 0.6) is 0 Å². The summed E-state index contributed by atoms with van der Waals surface area (Å²) in [6.07, 6.45) is 0. The number of halogens is 1. The fourth-order valence-electron chi connectivity index (χ4n) is 4.81. The lowest BCUT2D eigenvalue weighted by molar-refractivity contribution is -0.138. The van der Waals surface area contributed by atoms with Gasteiger partial charge < -0.3 is 4.90 Å². The molecule has 0 bridgehead atoms. The van der Waals surface area contributed by atoms with Gasteiger partial charge in [-0.25, -0.2) is 0 Å². The smallest absolute Gasteiger partial charge is 0.241 e. The van der Waals surface area contributed by atoms with Crippen LogP contribution >= 0.6 is 11.6 Å². The van der Waals surface area contributed by atoms with Crippen LogP contribution < -0.4 is 0 Å². The molecule has 3 atom stereocenters. The van der Waals surface area contributed by atoms with Gasteiger partial charge in [-0.15, -0.1) is 11.6 Å². The molecule has 0 saturated heterocycles. The van der Waals surface area contributed by atoms with Crippen LogP contribution in [0.1, 0.15) is 48.9 Å². The van der Waals surface area contributed by atoms with E-state index in [1.165, 1.54) is 5.56 Å². The molecule has 4 rings (SSSR count). The standard InChI is InChI=1S/C26H26ClNO/c1-18-20(3)28(25(29)19(2)27)26(21-12-6-4-7-13-21,22-14-8-5-9-15-22)24-17-11-10-16-23(18)24/h4-20H,1-3H3. The minimum Gasteiger partial charge on any atom is -0.320 e. The monoisotopic (exact) mass is 403 g/mol. The van der Waals surface area contributed by atoms with Crippen molar-refractivity contribution >= 4 is 17.5 Å². The largest absolute Gasteiger partial charge is 0.320 e. The molecule has 1 aliphatic heterocycles. The number of carbonyl (C=O) groups is 1. The van der Waals surface area contributed by atoms with E-state index >= 15 is 0 Å². The molecule has 3 heteroatoms. The summed E-state index contributed by atoms with van der Waals surface area (Å²) in [5.41, 5.74) is 3.84. The second-order valence-corrected chi connectivity index (χ2v) is 8.54. The van der Waals surface area contributed by atoms with Crippen LogP contribution in [0.25, 0.3) is 0 Å². The molecule has 1 heterocycles. The lowest BCUT2D eigenvalue weighted by Gasteiger charge is -2.54. The van der Waals surface area contributed by atoms with Crippen LogP contribution in [0.15, 0.2) is 84.9 Å². The molecular formula is C26H26ClNO. The highest BCUT2D eigenvalue weighted by Crippen LogP contribution is 2.51. The average Bonchev–Trinajstić information content (AvgIpc) is 2.77. The third-order valence-corrected chi connectivity index (χ3v) is 6.48. The van der Waals surface area contributed by atoms with Gasteiger partial charge in [0.2, 0.25) is 5.91 Å². The van der Waals surface area contributed by atoms with E-state index in [1.807, 2.05) is 41.3 Å². The fraction of sp³-hybridized carbons (Fsp3) is 0.269. The number of nitrogens with zero attached hydrogens (tertiary/aromatic N) is 1. The highest BCUT2D eigenvalue weighted by atomic mass is 35.5. The molecule has 0 spiro atoms. The average molecular weight is 404 g/mol. The van der Waals surface area contributed by atoms with Crippen molar-refractivity contribution in [3.8, 4) is 0 Å². The van der Waals surface area contributed by atoms with Gasteiger partial charge in [-0.05, 0) is 36.1 Å². The number of rotatable bonds is 3. The Labute approximate surface area is 178 Å².